The zero-order chi connectivity index (χ0) is 20.1. The van der Waals surface area contributed by atoms with Crippen LogP contribution >= 0.6 is 0 Å². The highest BCUT2D eigenvalue weighted by Crippen LogP contribution is 2.31. The number of carboxylic acid groups (broad SMARTS) is 1. The summed E-state index contributed by atoms with van der Waals surface area (Å²) in [7, 11) is 1.62. The first kappa shape index (κ1) is 19.6. The van der Waals surface area contributed by atoms with E-state index in [-0.39, 0.29) is 11.5 Å². The predicted octanol–water partition coefficient (Wildman–Crippen LogP) is 4.31. The number of nitrogens with zero attached hydrogens (tertiary/aromatic N) is 1. The molecule has 5 nitrogen and oxygen atoms in total. The van der Waals surface area contributed by atoms with Crippen molar-refractivity contribution in [1.82, 2.24) is 4.90 Å². The molecule has 1 N–H and O–H groups in total. The molecule has 0 aliphatic heterocycles. The molecule has 144 valence electrons. The van der Waals surface area contributed by atoms with Crippen LogP contribution in [-0.2, 0) is 4.74 Å². The maximum atomic E-state index is 13.1. The number of ether oxygens (including phenoxy) is 1. The number of carbonyl (C=O) groups excluding carboxylic acids is 1. The van der Waals surface area contributed by atoms with Crippen LogP contribution < -0.4 is 0 Å². The smallest absolute Gasteiger partial charge is 0.335 e. The second kappa shape index (κ2) is 8.67. The molecule has 0 aliphatic rings. The Bertz CT molecular complexity index is 995. The molecule has 0 fully saturated rings. The maximum absolute atomic E-state index is 13.1. The number of rotatable bonds is 7. The first-order valence-corrected chi connectivity index (χ1v) is 9.20. The topological polar surface area (TPSA) is 66.8 Å². The van der Waals surface area contributed by atoms with Crippen molar-refractivity contribution in [2.75, 3.05) is 26.8 Å². The summed E-state index contributed by atoms with van der Waals surface area (Å²) in [6.45, 7) is 3.59. The van der Waals surface area contributed by atoms with Gasteiger partial charge in [-0.3, -0.25) is 4.79 Å². The molecule has 5 heteroatoms. The van der Waals surface area contributed by atoms with Crippen molar-refractivity contribution in [3.63, 3.8) is 0 Å². The molecule has 3 aromatic carbocycles. The molecule has 0 aliphatic carbocycles. The SMILES string of the molecule is CCN(CCOC)C(=O)c1cccc2c(-c3ccc(C(=O)O)cc3)cccc12. The number of amides is 1. The standard InChI is InChI=1S/C23H23NO4/c1-3-24(14-15-28-2)22(25)21-9-5-7-19-18(6-4-8-20(19)21)16-10-12-17(13-11-16)23(26)27/h4-13H,3,14-15H2,1-2H3,(H,26,27). The fourth-order valence-corrected chi connectivity index (χ4v) is 3.32. The van der Waals surface area contributed by atoms with E-state index in [9.17, 15) is 9.59 Å². The van der Waals surface area contributed by atoms with Crippen molar-refractivity contribution < 1.29 is 19.4 Å². The van der Waals surface area contributed by atoms with Crippen molar-refractivity contribution in [3.05, 3.63) is 71.8 Å². The van der Waals surface area contributed by atoms with Gasteiger partial charge in [0.05, 0.1) is 12.2 Å². The third kappa shape index (κ3) is 3.89. The van der Waals surface area contributed by atoms with E-state index >= 15 is 0 Å². The molecule has 3 rings (SSSR count). The summed E-state index contributed by atoms with van der Waals surface area (Å²) in [5.41, 5.74) is 2.77. The highest BCUT2D eigenvalue weighted by Gasteiger charge is 2.17. The van der Waals surface area contributed by atoms with E-state index in [1.54, 1.807) is 36.3 Å². The molecule has 0 bridgehead atoms. The van der Waals surface area contributed by atoms with Crippen LogP contribution in [0.25, 0.3) is 21.9 Å². The van der Waals surface area contributed by atoms with Crippen molar-refractivity contribution >= 4 is 22.6 Å². The quantitative estimate of drug-likeness (QED) is 0.666. The fraction of sp³-hybridized carbons (Fsp3) is 0.217. The number of aromatic carboxylic acids is 1. The summed E-state index contributed by atoms with van der Waals surface area (Å²) in [5, 5.41) is 10.9. The minimum Gasteiger partial charge on any atom is -0.478 e. The molecular weight excluding hydrogens is 354 g/mol. The Hall–Kier alpha value is -3.18. The number of benzene rings is 3. The number of likely N-dealkylation sites (N-methyl/N-ethyl adjacent to an activating group) is 1. The van der Waals surface area contributed by atoms with Gasteiger partial charge >= 0.3 is 5.97 Å². The number of fused-ring (bicyclic) bond motifs is 1. The van der Waals surface area contributed by atoms with E-state index in [2.05, 4.69) is 0 Å². The Morgan fingerprint density at radius 2 is 1.64 bits per heavy atom. The average Bonchev–Trinajstić information content (AvgIpc) is 2.73. The number of methoxy groups -OCH3 is 1. The lowest BCUT2D eigenvalue weighted by Gasteiger charge is -2.21. The number of carbonyl (C=O) groups is 2. The Labute approximate surface area is 164 Å². The second-order valence-corrected chi connectivity index (χ2v) is 6.47. The zero-order valence-corrected chi connectivity index (χ0v) is 16.0. The van der Waals surface area contributed by atoms with Gasteiger partial charge in [-0.1, -0.05) is 42.5 Å². The van der Waals surface area contributed by atoms with Crippen LogP contribution in [0.3, 0.4) is 0 Å². The summed E-state index contributed by atoms with van der Waals surface area (Å²) in [4.78, 5) is 25.9. The van der Waals surface area contributed by atoms with Gasteiger partial charge in [0.2, 0.25) is 0 Å². The Balaban J connectivity index is 2.05. The van der Waals surface area contributed by atoms with Crippen molar-refractivity contribution in [1.29, 1.82) is 0 Å². The normalized spacial score (nSPS) is 10.8. The highest BCUT2D eigenvalue weighted by atomic mass is 16.5. The van der Waals surface area contributed by atoms with Gasteiger partial charge in [0.1, 0.15) is 0 Å². The number of carboxylic acids is 1. The van der Waals surface area contributed by atoms with Crippen LogP contribution in [-0.4, -0.2) is 48.7 Å². The first-order valence-electron chi connectivity index (χ1n) is 9.20. The zero-order valence-electron chi connectivity index (χ0n) is 16.0. The van der Waals surface area contributed by atoms with E-state index in [1.807, 2.05) is 43.3 Å². The van der Waals surface area contributed by atoms with Gasteiger partial charge in [0, 0.05) is 25.8 Å². The van der Waals surface area contributed by atoms with Crippen LogP contribution in [0.5, 0.6) is 0 Å². The molecule has 0 saturated carbocycles. The second-order valence-electron chi connectivity index (χ2n) is 6.47. The molecule has 0 aromatic heterocycles. The molecule has 0 unspecified atom stereocenters. The lowest BCUT2D eigenvalue weighted by atomic mass is 9.94. The van der Waals surface area contributed by atoms with Crippen LogP contribution in [0.15, 0.2) is 60.7 Å². The van der Waals surface area contributed by atoms with Gasteiger partial charge in [-0.2, -0.15) is 0 Å². The first-order chi connectivity index (χ1) is 13.6. The van der Waals surface area contributed by atoms with Crippen LogP contribution in [0.1, 0.15) is 27.6 Å². The molecule has 0 atom stereocenters. The summed E-state index contributed by atoms with van der Waals surface area (Å²) >= 11 is 0. The van der Waals surface area contributed by atoms with Crippen LogP contribution in [0, 0.1) is 0 Å². The number of hydrogen-bond donors (Lipinski definition) is 1. The summed E-state index contributed by atoms with van der Waals surface area (Å²) < 4.78 is 5.12. The largest absolute Gasteiger partial charge is 0.478 e. The molecule has 1 amide bonds. The third-order valence-corrected chi connectivity index (χ3v) is 4.83. The van der Waals surface area contributed by atoms with Gasteiger partial charge in [-0.15, -0.1) is 0 Å². The maximum Gasteiger partial charge on any atom is 0.335 e. The lowest BCUT2D eigenvalue weighted by Crippen LogP contribution is -2.33. The van der Waals surface area contributed by atoms with Gasteiger partial charge < -0.3 is 14.7 Å². The molecule has 0 radical (unpaired) electrons. The van der Waals surface area contributed by atoms with Crippen LogP contribution in [0.4, 0.5) is 0 Å². The van der Waals surface area contributed by atoms with Gasteiger partial charge in [-0.05, 0) is 47.0 Å². The van der Waals surface area contributed by atoms with Gasteiger partial charge in [0.25, 0.3) is 5.91 Å². The minimum absolute atomic E-state index is 0.0245. The van der Waals surface area contributed by atoms with Gasteiger partial charge in [0.15, 0.2) is 0 Å². The Kier molecular flexibility index (Phi) is 6.06. The highest BCUT2D eigenvalue weighted by molar-refractivity contribution is 6.10. The molecule has 28 heavy (non-hydrogen) atoms. The summed E-state index contributed by atoms with van der Waals surface area (Å²) in [5.74, 6) is -0.975. The Morgan fingerprint density at radius 3 is 2.29 bits per heavy atom. The summed E-state index contributed by atoms with van der Waals surface area (Å²) in [6.07, 6.45) is 0. The van der Waals surface area contributed by atoms with E-state index < -0.39 is 5.97 Å². The summed E-state index contributed by atoms with van der Waals surface area (Å²) in [6, 6.07) is 18.3. The van der Waals surface area contributed by atoms with Crippen LogP contribution in [0.2, 0.25) is 0 Å². The van der Waals surface area contributed by atoms with E-state index in [1.165, 1.54) is 0 Å². The minimum atomic E-state index is -0.951. The predicted molar refractivity (Wildman–Crippen MR) is 110 cm³/mol. The average molecular weight is 377 g/mol. The van der Waals surface area contributed by atoms with Gasteiger partial charge in [-0.25, -0.2) is 4.79 Å². The van der Waals surface area contributed by atoms with Crippen molar-refractivity contribution in [3.8, 4) is 11.1 Å². The third-order valence-electron chi connectivity index (χ3n) is 4.83. The van der Waals surface area contributed by atoms with Crippen molar-refractivity contribution in [2.24, 2.45) is 0 Å². The number of hydrogen-bond acceptors (Lipinski definition) is 3. The van der Waals surface area contributed by atoms with E-state index in [0.29, 0.717) is 25.3 Å². The molecule has 0 saturated heterocycles. The molecule has 0 heterocycles. The molecule has 3 aromatic rings. The van der Waals surface area contributed by atoms with Crippen molar-refractivity contribution in [2.45, 2.75) is 6.92 Å². The monoisotopic (exact) mass is 377 g/mol. The lowest BCUT2D eigenvalue weighted by molar-refractivity contribution is 0.0692. The molecular formula is C23H23NO4. The van der Waals surface area contributed by atoms with E-state index in [0.717, 1.165) is 21.9 Å². The molecule has 0 spiro atoms. The fourth-order valence-electron chi connectivity index (χ4n) is 3.32. The Morgan fingerprint density at radius 1 is 0.964 bits per heavy atom. The van der Waals surface area contributed by atoms with E-state index in [4.69, 9.17) is 9.84 Å².